The largest absolute Gasteiger partial charge is 0.327 e. The second kappa shape index (κ2) is 3.86. The average molecular weight is 155 g/mol. The van der Waals surface area contributed by atoms with Crippen molar-refractivity contribution in [2.75, 3.05) is 0 Å². The SMILES string of the molecule is CCCC(=O)[C@H]1CCC[C@H]1N. The van der Waals surface area contributed by atoms with E-state index < -0.39 is 0 Å². The van der Waals surface area contributed by atoms with Gasteiger partial charge in [-0.3, -0.25) is 4.79 Å². The molecule has 1 aliphatic rings. The van der Waals surface area contributed by atoms with Gasteiger partial charge in [0.15, 0.2) is 0 Å². The van der Waals surface area contributed by atoms with Crippen molar-refractivity contribution < 1.29 is 4.79 Å². The zero-order valence-electron chi connectivity index (χ0n) is 7.18. The normalized spacial score (nSPS) is 30.7. The van der Waals surface area contributed by atoms with E-state index in [4.69, 9.17) is 5.73 Å². The van der Waals surface area contributed by atoms with Gasteiger partial charge in [0.25, 0.3) is 0 Å². The molecule has 1 fully saturated rings. The van der Waals surface area contributed by atoms with Crippen LogP contribution in [0, 0.1) is 5.92 Å². The van der Waals surface area contributed by atoms with Crippen LogP contribution in [0.1, 0.15) is 39.0 Å². The van der Waals surface area contributed by atoms with E-state index in [2.05, 4.69) is 0 Å². The fraction of sp³-hybridized carbons (Fsp3) is 0.889. The van der Waals surface area contributed by atoms with Gasteiger partial charge in [-0.2, -0.15) is 0 Å². The van der Waals surface area contributed by atoms with Crippen LogP contribution in [0.2, 0.25) is 0 Å². The summed E-state index contributed by atoms with van der Waals surface area (Å²) in [5.41, 5.74) is 5.79. The quantitative estimate of drug-likeness (QED) is 0.671. The molecule has 1 aliphatic carbocycles. The van der Waals surface area contributed by atoms with Crippen LogP contribution in [-0.4, -0.2) is 11.8 Å². The van der Waals surface area contributed by atoms with Crippen molar-refractivity contribution in [1.29, 1.82) is 0 Å². The number of nitrogens with two attached hydrogens (primary N) is 1. The van der Waals surface area contributed by atoms with Crippen molar-refractivity contribution in [3.8, 4) is 0 Å². The summed E-state index contributed by atoms with van der Waals surface area (Å²) in [7, 11) is 0. The Hall–Kier alpha value is -0.370. The van der Waals surface area contributed by atoms with E-state index in [1.54, 1.807) is 0 Å². The standard InChI is InChI=1S/C9H17NO/c1-2-4-9(11)7-5-3-6-8(7)10/h7-8H,2-6,10H2,1H3/t7-,8+/m0/s1. The van der Waals surface area contributed by atoms with Crippen molar-refractivity contribution >= 4 is 5.78 Å². The van der Waals surface area contributed by atoms with Crippen molar-refractivity contribution in [2.24, 2.45) is 11.7 Å². The Balaban J connectivity index is 2.39. The second-order valence-corrected chi connectivity index (χ2v) is 3.42. The molecule has 0 aromatic heterocycles. The number of carbonyl (C=O) groups is 1. The first-order chi connectivity index (χ1) is 5.25. The molecule has 0 radical (unpaired) electrons. The van der Waals surface area contributed by atoms with Gasteiger partial charge in [-0.15, -0.1) is 0 Å². The van der Waals surface area contributed by atoms with E-state index in [0.717, 1.165) is 32.1 Å². The first-order valence-corrected chi connectivity index (χ1v) is 4.54. The summed E-state index contributed by atoms with van der Waals surface area (Å²) in [5, 5.41) is 0. The highest BCUT2D eigenvalue weighted by atomic mass is 16.1. The number of ketones is 1. The molecule has 64 valence electrons. The van der Waals surface area contributed by atoms with Crippen molar-refractivity contribution in [3.63, 3.8) is 0 Å². The van der Waals surface area contributed by atoms with Gasteiger partial charge in [0.1, 0.15) is 5.78 Å². The monoisotopic (exact) mass is 155 g/mol. The molecule has 0 aromatic rings. The van der Waals surface area contributed by atoms with Gasteiger partial charge in [-0.25, -0.2) is 0 Å². The number of hydrogen-bond acceptors (Lipinski definition) is 2. The van der Waals surface area contributed by atoms with Crippen LogP contribution in [0.3, 0.4) is 0 Å². The van der Waals surface area contributed by atoms with Gasteiger partial charge in [0.2, 0.25) is 0 Å². The van der Waals surface area contributed by atoms with Crippen LogP contribution < -0.4 is 5.73 Å². The lowest BCUT2D eigenvalue weighted by atomic mass is 9.96. The minimum Gasteiger partial charge on any atom is -0.327 e. The second-order valence-electron chi connectivity index (χ2n) is 3.42. The molecular weight excluding hydrogens is 138 g/mol. The minimum atomic E-state index is 0.161. The van der Waals surface area contributed by atoms with Gasteiger partial charge >= 0.3 is 0 Å². The van der Waals surface area contributed by atoms with Crippen molar-refractivity contribution in [2.45, 2.75) is 45.1 Å². The lowest BCUT2D eigenvalue weighted by molar-refractivity contribution is -0.123. The molecule has 0 saturated heterocycles. The molecule has 0 unspecified atom stereocenters. The Morgan fingerprint density at radius 1 is 1.55 bits per heavy atom. The highest BCUT2D eigenvalue weighted by Crippen LogP contribution is 2.25. The summed E-state index contributed by atoms with van der Waals surface area (Å²) in [6.07, 6.45) is 4.89. The third-order valence-electron chi connectivity index (χ3n) is 2.48. The third-order valence-corrected chi connectivity index (χ3v) is 2.48. The topological polar surface area (TPSA) is 43.1 Å². The zero-order valence-corrected chi connectivity index (χ0v) is 7.18. The predicted molar refractivity (Wildman–Crippen MR) is 45.2 cm³/mol. The maximum atomic E-state index is 11.4. The molecular formula is C9H17NO. The van der Waals surface area contributed by atoms with E-state index in [9.17, 15) is 4.79 Å². The summed E-state index contributed by atoms with van der Waals surface area (Å²) in [5.74, 6) is 0.576. The number of Topliss-reactive ketones (excluding diaryl/α,β-unsaturated/α-hetero) is 1. The number of carbonyl (C=O) groups excluding carboxylic acids is 1. The highest BCUT2D eigenvalue weighted by molar-refractivity contribution is 5.81. The van der Waals surface area contributed by atoms with E-state index in [1.165, 1.54) is 0 Å². The molecule has 2 nitrogen and oxygen atoms in total. The maximum Gasteiger partial charge on any atom is 0.137 e. The summed E-state index contributed by atoms with van der Waals surface area (Å²) < 4.78 is 0. The minimum absolute atomic E-state index is 0.161. The van der Waals surface area contributed by atoms with Crippen LogP contribution in [0.25, 0.3) is 0 Å². The van der Waals surface area contributed by atoms with Crippen LogP contribution in [0.5, 0.6) is 0 Å². The summed E-state index contributed by atoms with van der Waals surface area (Å²) in [4.78, 5) is 11.4. The van der Waals surface area contributed by atoms with Gasteiger partial charge in [0.05, 0.1) is 0 Å². The number of rotatable bonds is 3. The number of hydrogen-bond donors (Lipinski definition) is 1. The van der Waals surface area contributed by atoms with Gasteiger partial charge in [0, 0.05) is 18.4 Å². The van der Waals surface area contributed by atoms with Crippen molar-refractivity contribution in [3.05, 3.63) is 0 Å². The van der Waals surface area contributed by atoms with E-state index in [-0.39, 0.29) is 12.0 Å². The Morgan fingerprint density at radius 2 is 2.27 bits per heavy atom. The molecule has 1 rings (SSSR count). The molecule has 2 heteroatoms. The molecule has 0 bridgehead atoms. The summed E-state index contributed by atoms with van der Waals surface area (Å²) in [6.45, 7) is 2.04. The maximum absolute atomic E-state index is 11.4. The third kappa shape index (κ3) is 2.03. The van der Waals surface area contributed by atoms with E-state index in [1.807, 2.05) is 6.92 Å². The van der Waals surface area contributed by atoms with Gasteiger partial charge < -0.3 is 5.73 Å². The molecule has 0 spiro atoms. The summed E-state index contributed by atoms with van der Waals surface area (Å²) >= 11 is 0. The van der Waals surface area contributed by atoms with E-state index in [0.29, 0.717) is 5.78 Å². The van der Waals surface area contributed by atoms with Gasteiger partial charge in [-0.05, 0) is 19.3 Å². The van der Waals surface area contributed by atoms with Crippen molar-refractivity contribution in [1.82, 2.24) is 0 Å². The molecule has 1 saturated carbocycles. The molecule has 0 heterocycles. The van der Waals surface area contributed by atoms with E-state index >= 15 is 0 Å². The Bertz CT molecular complexity index is 144. The fourth-order valence-corrected chi connectivity index (χ4v) is 1.82. The first-order valence-electron chi connectivity index (χ1n) is 4.54. The molecule has 2 atom stereocenters. The lowest BCUT2D eigenvalue weighted by Crippen LogP contribution is -2.30. The zero-order chi connectivity index (χ0) is 8.27. The van der Waals surface area contributed by atoms with Gasteiger partial charge in [-0.1, -0.05) is 13.3 Å². The fourth-order valence-electron chi connectivity index (χ4n) is 1.82. The molecule has 0 aromatic carbocycles. The Kier molecular flexibility index (Phi) is 3.06. The smallest absolute Gasteiger partial charge is 0.137 e. The Labute approximate surface area is 68.2 Å². The highest BCUT2D eigenvalue weighted by Gasteiger charge is 2.28. The predicted octanol–water partition coefficient (Wildman–Crippen LogP) is 1.48. The van der Waals surface area contributed by atoms with Crippen LogP contribution >= 0.6 is 0 Å². The first kappa shape index (κ1) is 8.72. The van der Waals surface area contributed by atoms with Crippen LogP contribution in [0.4, 0.5) is 0 Å². The average Bonchev–Trinajstić information content (AvgIpc) is 2.36. The summed E-state index contributed by atoms with van der Waals surface area (Å²) in [6, 6.07) is 0.161. The lowest BCUT2D eigenvalue weighted by Gasteiger charge is -2.12. The molecule has 2 N–H and O–H groups in total. The molecule has 0 aliphatic heterocycles. The molecule has 0 amide bonds. The Morgan fingerprint density at radius 3 is 2.73 bits per heavy atom. The molecule has 11 heavy (non-hydrogen) atoms. The van der Waals surface area contributed by atoms with Crippen LogP contribution in [0.15, 0.2) is 0 Å². The van der Waals surface area contributed by atoms with Crippen LogP contribution in [-0.2, 0) is 4.79 Å².